The van der Waals surface area contributed by atoms with E-state index in [0.717, 1.165) is 12.0 Å². The fourth-order valence-electron chi connectivity index (χ4n) is 2.51. The molecule has 1 fully saturated rings. The number of ether oxygens (including phenoxy) is 1. The molecular formula is C15H20O3. The molecule has 0 spiro atoms. The molecule has 1 saturated heterocycles. The Bertz CT molecular complexity index is 402. The number of carboxylic acid groups (broad SMARTS) is 1. The van der Waals surface area contributed by atoms with Crippen molar-refractivity contribution >= 4 is 5.97 Å². The average Bonchev–Trinajstić information content (AvgIpc) is 2.40. The highest BCUT2D eigenvalue weighted by molar-refractivity contribution is 5.75. The standard InChI is InChI=1S/C15H20O3/c1-2-12-3-5-13(6-4-12)11-15(14(16)17)7-9-18-10-8-15/h3-6H,2,7-11H2,1H3,(H,16,17). The summed E-state index contributed by atoms with van der Waals surface area (Å²) in [6.45, 7) is 3.23. The first kappa shape index (κ1) is 13.1. The number of carbonyl (C=O) groups is 1. The zero-order chi connectivity index (χ0) is 13.0. The maximum atomic E-state index is 11.5. The van der Waals surface area contributed by atoms with Crippen molar-refractivity contribution < 1.29 is 14.6 Å². The topological polar surface area (TPSA) is 46.5 Å². The van der Waals surface area contributed by atoms with E-state index in [1.165, 1.54) is 5.56 Å². The molecule has 0 bridgehead atoms. The predicted octanol–water partition coefficient (Wildman–Crippen LogP) is 2.67. The summed E-state index contributed by atoms with van der Waals surface area (Å²) in [4.78, 5) is 11.5. The molecule has 18 heavy (non-hydrogen) atoms. The van der Waals surface area contributed by atoms with Crippen molar-refractivity contribution in [2.45, 2.75) is 32.6 Å². The van der Waals surface area contributed by atoms with Gasteiger partial charge in [0.15, 0.2) is 0 Å². The molecule has 0 unspecified atom stereocenters. The van der Waals surface area contributed by atoms with Crippen LogP contribution in [0.1, 0.15) is 30.9 Å². The van der Waals surface area contributed by atoms with Gasteiger partial charge in [0.2, 0.25) is 0 Å². The summed E-state index contributed by atoms with van der Waals surface area (Å²) in [6, 6.07) is 8.28. The summed E-state index contributed by atoms with van der Waals surface area (Å²) in [5, 5.41) is 9.50. The Hall–Kier alpha value is -1.35. The minimum atomic E-state index is -0.689. The van der Waals surface area contributed by atoms with E-state index in [1.807, 2.05) is 0 Å². The van der Waals surface area contributed by atoms with Crippen molar-refractivity contribution in [3.8, 4) is 0 Å². The molecule has 1 aliphatic rings. The van der Waals surface area contributed by atoms with Gasteiger partial charge in [0.1, 0.15) is 0 Å². The lowest BCUT2D eigenvalue weighted by molar-refractivity contribution is -0.154. The van der Waals surface area contributed by atoms with Crippen LogP contribution in [0.2, 0.25) is 0 Å². The largest absolute Gasteiger partial charge is 0.481 e. The lowest BCUT2D eigenvalue weighted by Crippen LogP contribution is -2.39. The summed E-state index contributed by atoms with van der Waals surface area (Å²) in [7, 11) is 0. The van der Waals surface area contributed by atoms with Gasteiger partial charge in [-0.1, -0.05) is 31.2 Å². The summed E-state index contributed by atoms with van der Waals surface area (Å²) in [5.74, 6) is -0.689. The Balaban J connectivity index is 2.15. The van der Waals surface area contributed by atoms with Crippen LogP contribution in [0.25, 0.3) is 0 Å². The minimum absolute atomic E-state index is 0.555. The monoisotopic (exact) mass is 248 g/mol. The highest BCUT2D eigenvalue weighted by Crippen LogP contribution is 2.34. The Morgan fingerprint density at radius 3 is 2.28 bits per heavy atom. The number of hydrogen-bond donors (Lipinski definition) is 1. The van der Waals surface area contributed by atoms with Crippen LogP contribution >= 0.6 is 0 Å². The van der Waals surface area contributed by atoms with E-state index >= 15 is 0 Å². The summed E-state index contributed by atoms with van der Waals surface area (Å²) < 4.78 is 5.29. The predicted molar refractivity (Wildman–Crippen MR) is 69.6 cm³/mol. The fraction of sp³-hybridized carbons (Fsp3) is 0.533. The highest BCUT2D eigenvalue weighted by Gasteiger charge is 2.40. The van der Waals surface area contributed by atoms with E-state index in [0.29, 0.717) is 32.5 Å². The molecule has 0 aromatic heterocycles. The van der Waals surface area contributed by atoms with Gasteiger partial charge in [0.25, 0.3) is 0 Å². The lowest BCUT2D eigenvalue weighted by Gasteiger charge is -2.33. The molecular weight excluding hydrogens is 228 g/mol. The molecule has 0 saturated carbocycles. The molecule has 2 rings (SSSR count). The highest BCUT2D eigenvalue weighted by atomic mass is 16.5. The van der Waals surface area contributed by atoms with Gasteiger partial charge in [-0.25, -0.2) is 0 Å². The summed E-state index contributed by atoms with van der Waals surface area (Å²) in [6.07, 6.45) is 2.84. The van der Waals surface area contributed by atoms with Crippen molar-refractivity contribution in [3.05, 3.63) is 35.4 Å². The van der Waals surface area contributed by atoms with E-state index < -0.39 is 11.4 Å². The van der Waals surface area contributed by atoms with Crippen LogP contribution in [-0.4, -0.2) is 24.3 Å². The maximum Gasteiger partial charge on any atom is 0.310 e. The van der Waals surface area contributed by atoms with Crippen molar-refractivity contribution in [1.82, 2.24) is 0 Å². The van der Waals surface area contributed by atoms with Gasteiger partial charge in [-0.05, 0) is 36.8 Å². The van der Waals surface area contributed by atoms with Gasteiger partial charge < -0.3 is 9.84 Å². The number of carboxylic acids is 1. The molecule has 3 nitrogen and oxygen atoms in total. The lowest BCUT2D eigenvalue weighted by atomic mass is 9.75. The van der Waals surface area contributed by atoms with Crippen molar-refractivity contribution in [2.75, 3.05) is 13.2 Å². The number of rotatable bonds is 4. The van der Waals surface area contributed by atoms with Gasteiger partial charge in [0.05, 0.1) is 5.41 Å². The van der Waals surface area contributed by atoms with Crippen LogP contribution in [0.5, 0.6) is 0 Å². The molecule has 98 valence electrons. The van der Waals surface area contributed by atoms with Crippen LogP contribution in [0.15, 0.2) is 24.3 Å². The van der Waals surface area contributed by atoms with Crippen LogP contribution in [-0.2, 0) is 22.4 Å². The van der Waals surface area contributed by atoms with E-state index in [2.05, 4.69) is 31.2 Å². The molecule has 0 radical (unpaired) electrons. The average molecular weight is 248 g/mol. The molecule has 1 aromatic rings. The number of aliphatic carboxylic acids is 1. The van der Waals surface area contributed by atoms with Gasteiger partial charge in [-0.2, -0.15) is 0 Å². The van der Waals surface area contributed by atoms with Gasteiger partial charge in [-0.15, -0.1) is 0 Å². The first-order valence-electron chi connectivity index (χ1n) is 6.55. The molecule has 0 amide bonds. The third-order valence-corrected chi connectivity index (χ3v) is 3.88. The molecule has 1 heterocycles. The third kappa shape index (κ3) is 2.72. The van der Waals surface area contributed by atoms with E-state index in [9.17, 15) is 9.90 Å². The van der Waals surface area contributed by atoms with E-state index in [1.54, 1.807) is 0 Å². The third-order valence-electron chi connectivity index (χ3n) is 3.88. The maximum absolute atomic E-state index is 11.5. The van der Waals surface area contributed by atoms with Gasteiger partial charge in [-0.3, -0.25) is 4.79 Å². The second kappa shape index (κ2) is 5.53. The molecule has 1 aromatic carbocycles. The summed E-state index contributed by atoms with van der Waals surface area (Å²) >= 11 is 0. The number of hydrogen-bond acceptors (Lipinski definition) is 2. The molecule has 1 aliphatic heterocycles. The van der Waals surface area contributed by atoms with Gasteiger partial charge >= 0.3 is 5.97 Å². The first-order chi connectivity index (χ1) is 8.66. The summed E-state index contributed by atoms with van der Waals surface area (Å²) in [5.41, 5.74) is 1.76. The Morgan fingerprint density at radius 1 is 1.22 bits per heavy atom. The van der Waals surface area contributed by atoms with E-state index in [4.69, 9.17) is 4.74 Å². The fourth-order valence-corrected chi connectivity index (χ4v) is 2.51. The smallest absolute Gasteiger partial charge is 0.310 e. The Morgan fingerprint density at radius 2 is 1.78 bits per heavy atom. The number of aryl methyl sites for hydroxylation is 1. The van der Waals surface area contributed by atoms with Crippen molar-refractivity contribution in [1.29, 1.82) is 0 Å². The van der Waals surface area contributed by atoms with E-state index in [-0.39, 0.29) is 0 Å². The van der Waals surface area contributed by atoms with Gasteiger partial charge in [0, 0.05) is 13.2 Å². The molecule has 1 N–H and O–H groups in total. The van der Waals surface area contributed by atoms with Crippen molar-refractivity contribution in [2.24, 2.45) is 5.41 Å². The quantitative estimate of drug-likeness (QED) is 0.891. The molecule has 0 atom stereocenters. The Labute approximate surface area is 108 Å². The van der Waals surface area contributed by atoms with Crippen molar-refractivity contribution in [3.63, 3.8) is 0 Å². The Kier molecular flexibility index (Phi) is 4.02. The minimum Gasteiger partial charge on any atom is -0.481 e. The number of benzene rings is 1. The van der Waals surface area contributed by atoms with Crippen LogP contribution in [0.3, 0.4) is 0 Å². The zero-order valence-corrected chi connectivity index (χ0v) is 10.8. The molecule has 0 aliphatic carbocycles. The first-order valence-corrected chi connectivity index (χ1v) is 6.55. The second-order valence-corrected chi connectivity index (χ2v) is 5.04. The SMILES string of the molecule is CCc1ccc(CC2(C(=O)O)CCOCC2)cc1. The van der Waals surface area contributed by atoms with Crippen LogP contribution in [0, 0.1) is 5.41 Å². The second-order valence-electron chi connectivity index (χ2n) is 5.04. The zero-order valence-electron chi connectivity index (χ0n) is 10.8. The van der Waals surface area contributed by atoms with Crippen LogP contribution < -0.4 is 0 Å². The van der Waals surface area contributed by atoms with Crippen LogP contribution in [0.4, 0.5) is 0 Å². The molecule has 3 heteroatoms. The normalized spacial score (nSPS) is 18.5.